The Hall–Kier alpha value is -0.900. The molecule has 17 heavy (non-hydrogen) atoms. The SMILES string of the molecule is CCCC(C)C(Br)Cc1ccccc1[N+](=O)[O-]. The maximum atomic E-state index is 10.9. The van der Waals surface area contributed by atoms with E-state index in [1.165, 1.54) is 0 Å². The van der Waals surface area contributed by atoms with Gasteiger partial charge in [-0.1, -0.05) is 54.4 Å². The fourth-order valence-corrected chi connectivity index (χ4v) is 2.52. The van der Waals surface area contributed by atoms with Crippen molar-refractivity contribution in [2.45, 2.75) is 37.9 Å². The molecule has 94 valence electrons. The quantitative estimate of drug-likeness (QED) is 0.445. The van der Waals surface area contributed by atoms with E-state index >= 15 is 0 Å². The summed E-state index contributed by atoms with van der Waals surface area (Å²) in [5.41, 5.74) is 1.03. The van der Waals surface area contributed by atoms with Crippen LogP contribution in [0.5, 0.6) is 0 Å². The summed E-state index contributed by atoms with van der Waals surface area (Å²) in [6, 6.07) is 6.97. The topological polar surface area (TPSA) is 43.1 Å². The molecule has 0 aromatic heterocycles. The lowest BCUT2D eigenvalue weighted by Gasteiger charge is -2.17. The minimum atomic E-state index is -0.306. The second-order valence-electron chi connectivity index (χ2n) is 4.37. The standard InChI is InChI=1S/C13H18BrNO2/c1-3-6-10(2)12(14)9-11-7-4-5-8-13(11)15(16)17/h4-5,7-8,10,12H,3,6,9H2,1-2H3. The highest BCUT2D eigenvalue weighted by molar-refractivity contribution is 9.09. The van der Waals surface area contributed by atoms with Gasteiger partial charge in [0, 0.05) is 16.5 Å². The summed E-state index contributed by atoms with van der Waals surface area (Å²) < 4.78 is 0. The zero-order valence-corrected chi connectivity index (χ0v) is 11.8. The number of nitro groups is 1. The highest BCUT2D eigenvalue weighted by Gasteiger charge is 2.19. The molecule has 0 saturated heterocycles. The number of benzene rings is 1. The number of alkyl halides is 1. The first-order chi connectivity index (χ1) is 8.06. The van der Waals surface area contributed by atoms with Gasteiger partial charge in [-0.15, -0.1) is 0 Å². The summed E-state index contributed by atoms with van der Waals surface area (Å²) in [5, 5.41) is 10.9. The van der Waals surface area contributed by atoms with Crippen LogP contribution in [0, 0.1) is 16.0 Å². The molecule has 2 unspecified atom stereocenters. The number of nitrogens with zero attached hydrogens (tertiary/aromatic N) is 1. The maximum Gasteiger partial charge on any atom is 0.272 e. The van der Waals surface area contributed by atoms with Gasteiger partial charge in [-0.3, -0.25) is 10.1 Å². The summed E-state index contributed by atoms with van der Waals surface area (Å²) in [7, 11) is 0. The molecule has 1 aromatic rings. The van der Waals surface area contributed by atoms with Crippen LogP contribution in [0.25, 0.3) is 0 Å². The Morgan fingerprint density at radius 1 is 1.41 bits per heavy atom. The Morgan fingerprint density at radius 2 is 2.06 bits per heavy atom. The molecule has 3 nitrogen and oxygen atoms in total. The molecule has 0 aliphatic carbocycles. The van der Waals surface area contributed by atoms with Gasteiger partial charge in [0.25, 0.3) is 5.69 Å². The molecule has 0 radical (unpaired) electrons. The molecule has 0 saturated carbocycles. The van der Waals surface area contributed by atoms with Gasteiger partial charge in [0.2, 0.25) is 0 Å². The number of rotatable bonds is 6. The lowest BCUT2D eigenvalue weighted by atomic mass is 9.96. The molecule has 0 heterocycles. The van der Waals surface area contributed by atoms with Crippen LogP contribution in [0.15, 0.2) is 24.3 Å². The van der Waals surface area contributed by atoms with E-state index in [-0.39, 0.29) is 10.6 Å². The van der Waals surface area contributed by atoms with Crippen molar-refractivity contribution >= 4 is 21.6 Å². The smallest absolute Gasteiger partial charge is 0.258 e. The summed E-state index contributed by atoms with van der Waals surface area (Å²) >= 11 is 3.64. The number of hydrogen-bond acceptors (Lipinski definition) is 2. The fraction of sp³-hybridized carbons (Fsp3) is 0.538. The van der Waals surface area contributed by atoms with Gasteiger partial charge in [0.1, 0.15) is 0 Å². The average molecular weight is 300 g/mol. The maximum absolute atomic E-state index is 10.9. The second kappa shape index (κ2) is 6.74. The zero-order chi connectivity index (χ0) is 12.8. The van der Waals surface area contributed by atoms with Crippen molar-refractivity contribution < 1.29 is 4.92 Å². The largest absolute Gasteiger partial charge is 0.272 e. The molecule has 1 rings (SSSR count). The summed E-state index contributed by atoms with van der Waals surface area (Å²) in [6.07, 6.45) is 2.98. The van der Waals surface area contributed by atoms with E-state index < -0.39 is 0 Å². The molecular formula is C13H18BrNO2. The van der Waals surface area contributed by atoms with E-state index in [2.05, 4.69) is 29.8 Å². The van der Waals surface area contributed by atoms with E-state index in [1.807, 2.05) is 12.1 Å². The lowest BCUT2D eigenvalue weighted by Crippen LogP contribution is -2.14. The molecule has 2 atom stereocenters. The van der Waals surface area contributed by atoms with Crippen molar-refractivity contribution in [3.8, 4) is 0 Å². The molecule has 1 aromatic carbocycles. The van der Waals surface area contributed by atoms with Crippen LogP contribution in [0.4, 0.5) is 5.69 Å². The second-order valence-corrected chi connectivity index (χ2v) is 5.55. The van der Waals surface area contributed by atoms with Crippen molar-refractivity contribution in [3.05, 3.63) is 39.9 Å². The Kier molecular flexibility index (Phi) is 5.62. The molecule has 0 aliphatic heterocycles. The molecule has 0 N–H and O–H groups in total. The first kappa shape index (κ1) is 14.2. The Bertz CT molecular complexity index is 381. The Labute approximate surface area is 111 Å². The van der Waals surface area contributed by atoms with Crippen molar-refractivity contribution in [1.82, 2.24) is 0 Å². The van der Waals surface area contributed by atoms with Gasteiger partial charge < -0.3 is 0 Å². The highest BCUT2D eigenvalue weighted by Crippen LogP contribution is 2.26. The van der Waals surface area contributed by atoms with E-state index in [0.717, 1.165) is 18.4 Å². The van der Waals surface area contributed by atoms with E-state index in [1.54, 1.807) is 12.1 Å². The number of nitro benzene ring substituents is 1. The van der Waals surface area contributed by atoms with Crippen LogP contribution < -0.4 is 0 Å². The Morgan fingerprint density at radius 3 is 2.65 bits per heavy atom. The predicted molar refractivity (Wildman–Crippen MR) is 73.6 cm³/mol. The minimum Gasteiger partial charge on any atom is -0.258 e. The monoisotopic (exact) mass is 299 g/mol. The third-order valence-electron chi connectivity index (χ3n) is 2.96. The molecule has 0 amide bonds. The number of halogens is 1. The average Bonchev–Trinajstić information content (AvgIpc) is 2.29. The van der Waals surface area contributed by atoms with Gasteiger partial charge >= 0.3 is 0 Å². The van der Waals surface area contributed by atoms with Crippen LogP contribution in [-0.2, 0) is 6.42 Å². The molecule has 0 spiro atoms. The van der Waals surface area contributed by atoms with Crippen molar-refractivity contribution in [2.24, 2.45) is 5.92 Å². The van der Waals surface area contributed by atoms with E-state index in [0.29, 0.717) is 17.2 Å². The molecule has 0 fully saturated rings. The van der Waals surface area contributed by atoms with E-state index in [9.17, 15) is 10.1 Å². The van der Waals surface area contributed by atoms with E-state index in [4.69, 9.17) is 0 Å². The van der Waals surface area contributed by atoms with Crippen LogP contribution >= 0.6 is 15.9 Å². The Balaban J connectivity index is 2.77. The van der Waals surface area contributed by atoms with Gasteiger partial charge in [-0.25, -0.2) is 0 Å². The molecule has 4 heteroatoms. The normalized spacial score (nSPS) is 14.3. The van der Waals surface area contributed by atoms with Crippen LogP contribution in [0.3, 0.4) is 0 Å². The van der Waals surface area contributed by atoms with Crippen LogP contribution in [0.1, 0.15) is 32.3 Å². The third kappa shape index (κ3) is 4.11. The molecular weight excluding hydrogens is 282 g/mol. The van der Waals surface area contributed by atoms with Gasteiger partial charge in [-0.05, 0) is 18.8 Å². The minimum absolute atomic E-state index is 0.223. The first-order valence-corrected chi connectivity index (χ1v) is 6.84. The molecule has 0 bridgehead atoms. The summed E-state index contributed by atoms with van der Waals surface area (Å²) in [5.74, 6) is 0.528. The summed E-state index contributed by atoms with van der Waals surface area (Å²) in [4.78, 5) is 10.9. The predicted octanol–water partition coefficient (Wildman–Crippen LogP) is 4.34. The number of para-hydroxylation sites is 1. The highest BCUT2D eigenvalue weighted by atomic mass is 79.9. The van der Waals surface area contributed by atoms with Gasteiger partial charge in [0.05, 0.1) is 4.92 Å². The van der Waals surface area contributed by atoms with Crippen molar-refractivity contribution in [3.63, 3.8) is 0 Å². The van der Waals surface area contributed by atoms with Gasteiger partial charge in [-0.2, -0.15) is 0 Å². The lowest BCUT2D eigenvalue weighted by molar-refractivity contribution is -0.385. The van der Waals surface area contributed by atoms with Crippen molar-refractivity contribution in [1.29, 1.82) is 0 Å². The van der Waals surface area contributed by atoms with Crippen LogP contribution in [-0.4, -0.2) is 9.75 Å². The first-order valence-electron chi connectivity index (χ1n) is 5.92. The van der Waals surface area contributed by atoms with Gasteiger partial charge in [0.15, 0.2) is 0 Å². The summed E-state index contributed by atoms with van der Waals surface area (Å²) in [6.45, 7) is 4.33. The zero-order valence-electron chi connectivity index (χ0n) is 10.2. The third-order valence-corrected chi connectivity index (χ3v) is 4.19. The van der Waals surface area contributed by atoms with Crippen LogP contribution in [0.2, 0.25) is 0 Å². The number of hydrogen-bond donors (Lipinski definition) is 0. The van der Waals surface area contributed by atoms with Crippen molar-refractivity contribution in [2.75, 3.05) is 0 Å². The fourth-order valence-electron chi connectivity index (χ4n) is 1.91. The molecule has 0 aliphatic rings.